The van der Waals surface area contributed by atoms with E-state index in [0.29, 0.717) is 16.7 Å². The maximum absolute atomic E-state index is 15.3. The third kappa shape index (κ3) is 11.8. The second-order valence-corrected chi connectivity index (χ2v) is 32.6. The van der Waals surface area contributed by atoms with Gasteiger partial charge in [0.1, 0.15) is 12.4 Å². The highest BCUT2D eigenvalue weighted by atomic mass is 31.2. The predicted octanol–water partition coefficient (Wildman–Crippen LogP) is 7.68. The van der Waals surface area contributed by atoms with E-state index in [1.54, 1.807) is 47.2 Å². The van der Waals surface area contributed by atoms with Crippen molar-refractivity contribution in [2.24, 2.45) is 11.8 Å². The van der Waals surface area contributed by atoms with E-state index < -0.39 is 78.5 Å². The molecule has 4 N–H and O–H groups in total. The molecule has 0 spiro atoms. The van der Waals surface area contributed by atoms with Gasteiger partial charge in [0.25, 0.3) is 11.5 Å². The Bertz CT molecular complexity index is 2890. The van der Waals surface area contributed by atoms with Gasteiger partial charge >= 0.3 is 7.82 Å². The average Bonchev–Trinajstić information content (AvgIpc) is 4.10. The quantitative estimate of drug-likeness (QED) is 0.0350. The van der Waals surface area contributed by atoms with Crippen molar-refractivity contribution < 1.29 is 46.4 Å². The van der Waals surface area contributed by atoms with Crippen LogP contribution in [0.15, 0.2) is 54.1 Å². The molecule has 72 heavy (non-hydrogen) atoms. The van der Waals surface area contributed by atoms with E-state index in [2.05, 4.69) is 95.2 Å². The number of phosphoric acid groups is 1. The molecule has 1 saturated heterocycles. The molecule has 8 atom stereocenters. The molecule has 4 aromatic heterocycles. The smallest absolute Gasteiger partial charge is 0.411 e. The number of carbonyl (C=O) groups is 2. The number of imidazole rings is 2. The molecule has 2 amide bonds. The number of hydrogen-bond acceptors (Lipinski definition) is 17. The number of aromatic amines is 1. The van der Waals surface area contributed by atoms with Crippen molar-refractivity contribution in [2.45, 2.75) is 141 Å². The van der Waals surface area contributed by atoms with Gasteiger partial charge in [-0.1, -0.05) is 73.6 Å². The topological polar surface area (TPSA) is 282 Å². The lowest BCUT2D eigenvalue weighted by Crippen LogP contribution is -2.49. The highest BCUT2D eigenvalue weighted by Gasteiger charge is 2.54. The zero-order valence-electron chi connectivity index (χ0n) is 42.9. The molecule has 389 valence electrons. The molecule has 1 radical (unpaired) electrons. The summed E-state index contributed by atoms with van der Waals surface area (Å²) >= 11 is 0. The maximum Gasteiger partial charge on any atom is 0.475 e. The number of benzene rings is 1. The number of carbonyl (C=O) groups excluding carboxylic acids is 2. The molecule has 1 aliphatic heterocycles. The number of hydrogen-bond donors (Lipinski definition) is 4. The number of nitrogens with one attached hydrogen (secondary N) is 3. The van der Waals surface area contributed by atoms with Gasteiger partial charge in [0.15, 0.2) is 51.0 Å². The fourth-order valence-electron chi connectivity index (χ4n) is 7.87. The third-order valence-corrected chi connectivity index (χ3v) is 24.4. The van der Waals surface area contributed by atoms with Gasteiger partial charge in [-0.3, -0.25) is 42.8 Å². The standard InChI is InChI=1S/C47H67N11O11PSi2/c1-28(2)41(60)55-45-54-40-35(43(62)56-45)52-26-57(40)32-21-30(23-59)36(69-72(11,12)47(6,7)8)37(32)67-70(63,64-20-16-19-48)65-24-31-22-33(68-71(9,10)46(3,4)5)44(66-31)58-27-51-34-38(49-25-50-39(34)58)53-42(61)29-17-14-13-15-18-29/h13-15,17-18,22,25-28,30-33,36-37,44,59H,16,20-21,23-24H2,1-12H3,(H,49,50,53,61)(H2,54,55,56,60,62)/t30-,31-,32-,33-,36-,37+,44-,70?/m1/s1. The average molecular weight is 1050 g/mol. The van der Waals surface area contributed by atoms with Gasteiger partial charge in [-0.2, -0.15) is 10.2 Å². The molecule has 2 aliphatic rings. The third-order valence-electron chi connectivity index (χ3n) is 14.0. The highest BCUT2D eigenvalue weighted by Crippen LogP contribution is 2.57. The fourth-order valence-corrected chi connectivity index (χ4v) is 11.9. The number of nitriles is 1. The maximum atomic E-state index is 15.3. The molecule has 25 heteroatoms. The first-order chi connectivity index (χ1) is 33.8. The minimum absolute atomic E-state index is 0.0291. The summed E-state index contributed by atoms with van der Waals surface area (Å²) in [5, 5.41) is 25.5. The molecule has 5 aromatic rings. The molecule has 2 fully saturated rings. The van der Waals surface area contributed by atoms with Crippen LogP contribution in [0, 0.1) is 29.6 Å². The molecule has 1 saturated carbocycles. The van der Waals surface area contributed by atoms with E-state index in [9.17, 15) is 24.8 Å². The van der Waals surface area contributed by atoms with Crippen molar-refractivity contribution >= 4 is 70.4 Å². The van der Waals surface area contributed by atoms with Crippen LogP contribution in [-0.4, -0.2) is 117 Å². The zero-order valence-corrected chi connectivity index (χ0v) is 45.8. The van der Waals surface area contributed by atoms with Gasteiger partial charge in [-0.25, -0.2) is 24.5 Å². The van der Waals surface area contributed by atoms with E-state index in [1.807, 2.05) is 31.7 Å². The van der Waals surface area contributed by atoms with Crippen LogP contribution in [0.25, 0.3) is 22.3 Å². The number of aromatic nitrogens is 8. The molecule has 1 aromatic carbocycles. The van der Waals surface area contributed by atoms with Crippen molar-refractivity contribution in [3.8, 4) is 6.07 Å². The van der Waals surface area contributed by atoms with Gasteiger partial charge in [0.2, 0.25) is 11.9 Å². The van der Waals surface area contributed by atoms with Gasteiger partial charge in [0.05, 0.1) is 62.7 Å². The van der Waals surface area contributed by atoms with Crippen molar-refractivity contribution in [1.29, 1.82) is 5.26 Å². The molecule has 7 rings (SSSR count). The number of anilines is 2. The fraction of sp³-hybridized carbons (Fsp3) is 0.574. The van der Waals surface area contributed by atoms with Crippen molar-refractivity contribution in [3.63, 3.8) is 0 Å². The Morgan fingerprint density at radius 2 is 1.60 bits per heavy atom. The van der Waals surface area contributed by atoms with Gasteiger partial charge in [-0.15, -0.1) is 0 Å². The second-order valence-electron chi connectivity index (χ2n) is 21.5. The van der Waals surface area contributed by atoms with Crippen LogP contribution in [0.4, 0.5) is 11.8 Å². The molecule has 22 nitrogen and oxygen atoms in total. The van der Waals surface area contributed by atoms with E-state index in [4.69, 9.17) is 27.2 Å². The van der Waals surface area contributed by atoms with E-state index in [0.717, 1.165) is 0 Å². The lowest BCUT2D eigenvalue weighted by molar-refractivity contribution is -0.118. The highest BCUT2D eigenvalue weighted by molar-refractivity contribution is 7.48. The van der Waals surface area contributed by atoms with Crippen LogP contribution in [-0.2, 0) is 36.5 Å². The van der Waals surface area contributed by atoms with E-state index >= 15 is 4.57 Å². The van der Waals surface area contributed by atoms with E-state index in [-0.39, 0.29) is 77.5 Å². The number of amides is 2. The van der Waals surface area contributed by atoms with Crippen molar-refractivity contribution in [1.82, 2.24) is 39.0 Å². The largest absolute Gasteiger partial charge is 0.475 e. The summed E-state index contributed by atoms with van der Waals surface area (Å²) in [6.45, 7) is 23.2. The lowest BCUT2D eigenvalue weighted by atomic mass is 10.1. The Labute approximate surface area is 420 Å². The van der Waals surface area contributed by atoms with Gasteiger partial charge in [-0.05, 0) is 54.8 Å². The van der Waals surface area contributed by atoms with Crippen molar-refractivity contribution in [2.75, 3.05) is 30.5 Å². The summed E-state index contributed by atoms with van der Waals surface area (Å²) in [6.07, 6.45) is 1.56. The number of aliphatic hydroxyl groups excluding tert-OH is 1. The predicted molar refractivity (Wildman–Crippen MR) is 273 cm³/mol. The first-order valence-electron chi connectivity index (χ1n) is 24.0. The number of phosphoric ester groups is 1. The summed E-state index contributed by atoms with van der Waals surface area (Å²) in [5.41, 5.74) is 0.550. The summed E-state index contributed by atoms with van der Waals surface area (Å²) in [4.78, 5) is 64.3. The lowest BCUT2D eigenvalue weighted by Gasteiger charge is -2.41. The van der Waals surface area contributed by atoms with Crippen LogP contribution < -0.4 is 16.2 Å². The minimum atomic E-state index is -4.72. The number of fused-ring (bicyclic) bond motifs is 2. The number of nitrogens with zero attached hydrogens (tertiary/aromatic N) is 8. The zero-order chi connectivity index (χ0) is 52.6. The van der Waals surface area contributed by atoms with Crippen LogP contribution >= 0.6 is 7.82 Å². The first-order valence-corrected chi connectivity index (χ1v) is 31.3. The Hall–Kier alpha value is -5.07. The van der Waals surface area contributed by atoms with Crippen LogP contribution in [0.3, 0.4) is 0 Å². The molecule has 0 bridgehead atoms. The Kier molecular flexibility index (Phi) is 16.3. The second kappa shape index (κ2) is 21.4. The number of rotatable bonds is 19. The number of H-pyrrole nitrogens is 1. The molecular weight excluding hydrogens is 982 g/mol. The summed E-state index contributed by atoms with van der Waals surface area (Å²) < 4.78 is 58.1. The number of aliphatic hydroxyl groups is 1. The van der Waals surface area contributed by atoms with Crippen LogP contribution in [0.1, 0.15) is 90.9 Å². The molecule has 1 unspecified atom stereocenters. The summed E-state index contributed by atoms with van der Waals surface area (Å²) in [6, 6.07) is 9.88. The summed E-state index contributed by atoms with van der Waals surface area (Å²) in [7, 11) is -9.91. The monoisotopic (exact) mass is 1050 g/mol. The molecular formula is C47H67N11O11PSi2. The van der Waals surface area contributed by atoms with Gasteiger partial charge in [0, 0.05) is 30.4 Å². The van der Waals surface area contributed by atoms with Gasteiger partial charge < -0.3 is 28.6 Å². The van der Waals surface area contributed by atoms with Crippen LogP contribution in [0.5, 0.6) is 0 Å². The SMILES string of the molecule is CC(C)C(=O)Nc1nc2c(ncn2[C@@H]2C[C@H](CO)[C@@H](O[Si](C)(C)C(C)(C)C)[C@H]2OP(=O)(OCCC#N)OC[C@H]2[CH][C@@H](O[Si](C)(C)C(C)(C)C)[C@H](n3cnc4c(NC(=O)c5ccccc5)ncnc43)O2)c(=O)[nH]1. The number of ether oxygens (including phenoxy) is 1. The Morgan fingerprint density at radius 1 is 0.931 bits per heavy atom. The van der Waals surface area contributed by atoms with E-state index in [1.165, 1.54) is 19.0 Å². The molecule has 5 heterocycles. The molecule has 1 aliphatic carbocycles. The van der Waals surface area contributed by atoms with Crippen LogP contribution in [0.2, 0.25) is 36.3 Å². The normalized spacial score (nSPS) is 22.9. The van der Waals surface area contributed by atoms with Crippen molar-refractivity contribution in [3.05, 3.63) is 71.7 Å². The minimum Gasteiger partial charge on any atom is -0.411 e. The first kappa shape index (κ1) is 54.7. The Balaban J connectivity index is 1.23. The Morgan fingerprint density at radius 3 is 2.25 bits per heavy atom. The summed E-state index contributed by atoms with van der Waals surface area (Å²) in [5.74, 6) is -1.66.